The zero-order valence-corrected chi connectivity index (χ0v) is 12.0. The van der Waals surface area contributed by atoms with Gasteiger partial charge in [0.15, 0.2) is 6.10 Å². The summed E-state index contributed by atoms with van der Waals surface area (Å²) in [7, 11) is 2.86. The summed E-state index contributed by atoms with van der Waals surface area (Å²) >= 11 is 0. The van der Waals surface area contributed by atoms with Crippen LogP contribution in [-0.4, -0.2) is 68.1 Å². The van der Waals surface area contributed by atoms with Crippen LogP contribution in [0, 0.1) is 0 Å². The Bertz CT molecular complexity index is 285. The minimum Gasteiger partial charge on any atom is -0.479 e. The molecule has 0 heterocycles. The number of ether oxygens (including phenoxy) is 2. The third-order valence-corrected chi connectivity index (χ3v) is 2.92. The zero-order chi connectivity index (χ0) is 14.8. The number of nitrogens with zero attached hydrogens (tertiary/aromatic N) is 1. The maximum absolute atomic E-state index is 12.0. The molecule has 0 aromatic rings. The number of nitrogens with one attached hydrogen (secondary N) is 1. The fraction of sp³-hybridized carbons (Fsp3) is 0.833. The van der Waals surface area contributed by atoms with Gasteiger partial charge in [0.05, 0.1) is 13.2 Å². The van der Waals surface area contributed by atoms with E-state index in [2.05, 4.69) is 5.32 Å². The molecule has 19 heavy (non-hydrogen) atoms. The van der Waals surface area contributed by atoms with E-state index in [1.54, 1.807) is 12.0 Å². The van der Waals surface area contributed by atoms with Gasteiger partial charge >= 0.3 is 12.0 Å². The molecule has 0 aromatic carbocycles. The predicted molar refractivity (Wildman–Crippen MR) is 70.2 cm³/mol. The van der Waals surface area contributed by atoms with Gasteiger partial charge in [0.1, 0.15) is 0 Å². The minimum atomic E-state index is -1.10. The lowest BCUT2D eigenvalue weighted by atomic mass is 10.2. The molecule has 0 spiro atoms. The van der Waals surface area contributed by atoms with Crippen LogP contribution in [0.15, 0.2) is 0 Å². The Balaban J connectivity index is 4.42. The standard InChI is InChI=1S/C12H24N2O5/c1-5-9(2)14(6-7-18-3)12(17)13-8-10(19-4)11(15)16/h9-10H,5-8H2,1-4H3,(H,13,17)(H,15,16). The summed E-state index contributed by atoms with van der Waals surface area (Å²) in [5, 5.41) is 11.4. The van der Waals surface area contributed by atoms with E-state index in [1.165, 1.54) is 7.11 Å². The van der Waals surface area contributed by atoms with E-state index in [-0.39, 0.29) is 18.6 Å². The molecule has 112 valence electrons. The summed E-state index contributed by atoms with van der Waals surface area (Å²) in [5.74, 6) is -1.10. The van der Waals surface area contributed by atoms with Crippen molar-refractivity contribution in [1.82, 2.24) is 10.2 Å². The number of carboxylic acid groups (broad SMARTS) is 1. The van der Waals surface area contributed by atoms with E-state index in [0.717, 1.165) is 6.42 Å². The molecule has 2 unspecified atom stereocenters. The van der Waals surface area contributed by atoms with E-state index in [4.69, 9.17) is 14.6 Å². The monoisotopic (exact) mass is 276 g/mol. The van der Waals surface area contributed by atoms with Crippen LogP contribution in [0.5, 0.6) is 0 Å². The summed E-state index contributed by atoms with van der Waals surface area (Å²) in [6.07, 6.45) is -0.228. The van der Waals surface area contributed by atoms with Gasteiger partial charge in [-0.15, -0.1) is 0 Å². The van der Waals surface area contributed by atoms with Crippen molar-refractivity contribution in [2.24, 2.45) is 0 Å². The fourth-order valence-electron chi connectivity index (χ4n) is 1.49. The lowest BCUT2D eigenvalue weighted by Gasteiger charge is -2.29. The topological polar surface area (TPSA) is 88.1 Å². The van der Waals surface area contributed by atoms with Gasteiger partial charge < -0.3 is 24.8 Å². The van der Waals surface area contributed by atoms with E-state index >= 15 is 0 Å². The normalized spacial score (nSPS) is 13.7. The van der Waals surface area contributed by atoms with Crippen LogP contribution < -0.4 is 5.32 Å². The first-order valence-electron chi connectivity index (χ1n) is 6.26. The zero-order valence-electron chi connectivity index (χ0n) is 12.0. The summed E-state index contributed by atoms with van der Waals surface area (Å²) in [6, 6.07) is -0.254. The number of rotatable bonds is 9. The minimum absolute atomic E-state index is 0.0565. The second kappa shape index (κ2) is 9.57. The van der Waals surface area contributed by atoms with E-state index in [1.807, 2.05) is 13.8 Å². The summed E-state index contributed by atoms with van der Waals surface area (Å²) < 4.78 is 9.71. The molecule has 2 atom stereocenters. The Kier molecular flexibility index (Phi) is 8.90. The number of aliphatic carboxylic acids is 1. The maximum Gasteiger partial charge on any atom is 0.334 e. The Morgan fingerprint density at radius 2 is 2.00 bits per heavy atom. The third kappa shape index (κ3) is 6.40. The molecule has 0 fully saturated rings. The molecule has 7 nitrogen and oxygen atoms in total. The molecular weight excluding hydrogens is 252 g/mol. The number of carbonyl (C=O) groups excluding carboxylic acids is 1. The van der Waals surface area contributed by atoms with Crippen LogP contribution in [-0.2, 0) is 14.3 Å². The van der Waals surface area contributed by atoms with Gasteiger partial charge in [0.25, 0.3) is 0 Å². The molecule has 0 aliphatic heterocycles. The molecule has 0 saturated heterocycles. The molecule has 0 aromatic heterocycles. The van der Waals surface area contributed by atoms with Gasteiger partial charge in [-0.25, -0.2) is 9.59 Å². The highest BCUT2D eigenvalue weighted by Gasteiger charge is 2.22. The SMILES string of the molecule is CCC(C)N(CCOC)C(=O)NCC(OC)C(=O)O. The first-order chi connectivity index (χ1) is 8.97. The van der Waals surface area contributed by atoms with Crippen molar-refractivity contribution in [3.63, 3.8) is 0 Å². The number of carbonyl (C=O) groups is 2. The first-order valence-corrected chi connectivity index (χ1v) is 6.26. The van der Waals surface area contributed by atoms with Crippen molar-refractivity contribution in [3.05, 3.63) is 0 Å². The van der Waals surface area contributed by atoms with Crippen molar-refractivity contribution in [1.29, 1.82) is 0 Å². The molecule has 2 amide bonds. The quantitative estimate of drug-likeness (QED) is 0.642. The number of hydrogen-bond acceptors (Lipinski definition) is 4. The molecule has 0 saturated carbocycles. The summed E-state index contributed by atoms with van der Waals surface area (Å²) in [6.45, 7) is 4.74. The van der Waals surface area contributed by atoms with E-state index in [0.29, 0.717) is 13.2 Å². The smallest absolute Gasteiger partial charge is 0.334 e. The van der Waals surface area contributed by atoms with Crippen molar-refractivity contribution < 1.29 is 24.2 Å². The molecule has 7 heteroatoms. The summed E-state index contributed by atoms with van der Waals surface area (Å²) in [4.78, 5) is 24.4. The van der Waals surface area contributed by atoms with Crippen LogP contribution in [0.25, 0.3) is 0 Å². The average molecular weight is 276 g/mol. The Labute approximate surface area is 113 Å². The third-order valence-electron chi connectivity index (χ3n) is 2.92. The Morgan fingerprint density at radius 1 is 1.37 bits per heavy atom. The lowest BCUT2D eigenvalue weighted by Crippen LogP contribution is -2.49. The van der Waals surface area contributed by atoms with Crippen LogP contribution in [0.3, 0.4) is 0 Å². The van der Waals surface area contributed by atoms with Crippen molar-refractivity contribution in [3.8, 4) is 0 Å². The molecule has 0 bridgehead atoms. The maximum atomic E-state index is 12.0. The van der Waals surface area contributed by atoms with Crippen LogP contribution in [0.1, 0.15) is 20.3 Å². The van der Waals surface area contributed by atoms with Crippen LogP contribution >= 0.6 is 0 Å². The van der Waals surface area contributed by atoms with Crippen molar-refractivity contribution >= 4 is 12.0 Å². The van der Waals surface area contributed by atoms with Gasteiger partial charge in [0.2, 0.25) is 0 Å². The highest BCUT2D eigenvalue weighted by Crippen LogP contribution is 2.04. The van der Waals surface area contributed by atoms with Gasteiger partial charge in [-0.1, -0.05) is 6.92 Å². The van der Waals surface area contributed by atoms with E-state index < -0.39 is 12.1 Å². The van der Waals surface area contributed by atoms with Crippen molar-refractivity contribution in [2.45, 2.75) is 32.4 Å². The Hall–Kier alpha value is -1.34. The number of amides is 2. The number of methoxy groups -OCH3 is 2. The number of hydrogen-bond donors (Lipinski definition) is 2. The summed E-state index contributed by atoms with van der Waals surface area (Å²) in [5.41, 5.74) is 0. The van der Waals surface area contributed by atoms with Crippen LogP contribution in [0.2, 0.25) is 0 Å². The average Bonchev–Trinajstić information content (AvgIpc) is 2.39. The van der Waals surface area contributed by atoms with Gasteiger partial charge in [-0.2, -0.15) is 0 Å². The molecule has 0 aliphatic rings. The predicted octanol–water partition coefficient (Wildman–Crippen LogP) is 0.543. The first kappa shape index (κ1) is 17.7. The molecule has 2 N–H and O–H groups in total. The van der Waals surface area contributed by atoms with Gasteiger partial charge in [-0.05, 0) is 13.3 Å². The molecule has 0 rings (SSSR count). The fourth-order valence-corrected chi connectivity index (χ4v) is 1.49. The number of urea groups is 1. The molecule has 0 radical (unpaired) electrons. The van der Waals surface area contributed by atoms with E-state index in [9.17, 15) is 9.59 Å². The molecular formula is C12H24N2O5. The van der Waals surface area contributed by atoms with Crippen molar-refractivity contribution in [2.75, 3.05) is 33.9 Å². The largest absolute Gasteiger partial charge is 0.479 e. The van der Waals surface area contributed by atoms with Crippen LogP contribution in [0.4, 0.5) is 4.79 Å². The molecule has 0 aliphatic carbocycles. The second-order valence-corrected chi connectivity index (χ2v) is 4.19. The van der Waals surface area contributed by atoms with Gasteiger partial charge in [0, 0.05) is 26.8 Å². The second-order valence-electron chi connectivity index (χ2n) is 4.19. The lowest BCUT2D eigenvalue weighted by molar-refractivity contribution is -0.148. The highest BCUT2D eigenvalue weighted by atomic mass is 16.5. The Morgan fingerprint density at radius 3 is 2.42 bits per heavy atom. The number of carboxylic acids is 1. The van der Waals surface area contributed by atoms with Gasteiger partial charge in [-0.3, -0.25) is 0 Å². The highest BCUT2D eigenvalue weighted by molar-refractivity contribution is 5.77.